The zero-order valence-corrected chi connectivity index (χ0v) is 25.2. The second-order valence-electron chi connectivity index (χ2n) is 10.8. The minimum absolute atomic E-state index is 0.0957. The molecule has 12 heteroatoms. The van der Waals surface area contributed by atoms with Gasteiger partial charge >= 0.3 is 5.97 Å². The number of aliphatic hydroxyl groups is 1. The molecule has 0 bridgehead atoms. The van der Waals surface area contributed by atoms with Crippen LogP contribution in [0.2, 0.25) is 0 Å². The average Bonchev–Trinajstić information content (AvgIpc) is 3.33. The van der Waals surface area contributed by atoms with Crippen LogP contribution in [0, 0.1) is 5.92 Å². The summed E-state index contributed by atoms with van der Waals surface area (Å²) >= 11 is 0. The first-order chi connectivity index (χ1) is 21.5. The molecule has 1 aliphatic carbocycles. The van der Waals surface area contributed by atoms with Gasteiger partial charge in [0.1, 0.15) is 6.54 Å². The second kappa shape index (κ2) is 16.8. The number of carbonyl (C=O) groups is 5. The topological polar surface area (TPSA) is 160 Å². The van der Waals surface area contributed by atoms with Gasteiger partial charge in [0.05, 0.1) is 31.4 Å². The normalized spacial score (nSPS) is 12.5. The zero-order valence-electron chi connectivity index (χ0n) is 25.2. The van der Waals surface area contributed by atoms with Gasteiger partial charge in [-0.25, -0.2) is 4.79 Å². The molecule has 45 heavy (non-hydrogen) atoms. The number of aliphatic hydroxyl groups excluding tert-OH is 1. The number of fused-ring (bicyclic) bond motifs is 3. The highest BCUT2D eigenvalue weighted by Crippen LogP contribution is 2.37. The fourth-order valence-corrected chi connectivity index (χ4v) is 4.34. The Morgan fingerprint density at radius 1 is 0.822 bits per heavy atom. The minimum Gasteiger partial charge on any atom is -0.381 e. The lowest BCUT2D eigenvalue weighted by atomic mass is 10.0. The van der Waals surface area contributed by atoms with Gasteiger partial charge < -0.3 is 25.8 Å². The van der Waals surface area contributed by atoms with Crippen LogP contribution in [0.5, 0.6) is 0 Å². The fourth-order valence-electron chi connectivity index (χ4n) is 4.34. The third kappa shape index (κ3) is 9.78. The van der Waals surface area contributed by atoms with Crippen LogP contribution in [0.15, 0.2) is 72.8 Å². The predicted octanol–water partition coefficient (Wildman–Crippen LogP) is 2.90. The van der Waals surface area contributed by atoms with Crippen molar-refractivity contribution in [3.63, 3.8) is 0 Å². The lowest BCUT2D eigenvalue weighted by Gasteiger charge is -2.23. The Balaban J connectivity index is 0.00000130. The van der Waals surface area contributed by atoms with E-state index in [0.717, 1.165) is 11.5 Å². The first-order valence-electron chi connectivity index (χ1n) is 14.3. The van der Waals surface area contributed by atoms with E-state index in [0.29, 0.717) is 16.7 Å². The quantitative estimate of drug-likeness (QED) is 0.188. The van der Waals surface area contributed by atoms with Gasteiger partial charge in [-0.05, 0) is 28.7 Å². The van der Waals surface area contributed by atoms with Crippen molar-refractivity contribution in [2.24, 2.45) is 5.92 Å². The van der Waals surface area contributed by atoms with Gasteiger partial charge in [0.25, 0.3) is 11.8 Å². The van der Waals surface area contributed by atoms with E-state index in [1.54, 1.807) is 60.7 Å². The summed E-state index contributed by atoms with van der Waals surface area (Å²) in [6.45, 7) is 4.87. The molecule has 11 nitrogen and oxygen atoms in total. The van der Waals surface area contributed by atoms with Crippen molar-refractivity contribution in [2.45, 2.75) is 39.5 Å². The Morgan fingerprint density at radius 3 is 2.11 bits per heavy atom. The largest absolute Gasteiger partial charge is 0.381 e. The van der Waals surface area contributed by atoms with Crippen LogP contribution in [0.4, 0.5) is 4.53 Å². The number of benzene rings is 3. The third-order valence-corrected chi connectivity index (χ3v) is 6.31. The Bertz CT molecular complexity index is 1510. The van der Waals surface area contributed by atoms with E-state index < -0.39 is 48.9 Å². The van der Waals surface area contributed by atoms with Crippen LogP contribution >= 0.6 is 0 Å². The molecule has 0 radical (unpaired) electrons. The van der Waals surface area contributed by atoms with Gasteiger partial charge in [-0.1, -0.05) is 87.5 Å². The molecule has 0 aromatic heterocycles. The van der Waals surface area contributed by atoms with E-state index in [2.05, 4.69) is 36.3 Å². The van der Waals surface area contributed by atoms with Crippen LogP contribution in [-0.2, 0) is 30.7 Å². The molecule has 238 valence electrons. The van der Waals surface area contributed by atoms with Gasteiger partial charge in [0, 0.05) is 15.7 Å². The Labute approximate surface area is 260 Å². The molecule has 0 heterocycles. The van der Waals surface area contributed by atoms with Gasteiger partial charge in [0.15, 0.2) is 11.9 Å². The fraction of sp³-hybridized carbons (Fsp3) is 0.303. The lowest BCUT2D eigenvalue weighted by Crippen LogP contribution is -2.54. The SMILES string of the molecule is CC(C)C.O=C(CNC(=O)c1cccc2c1C(=O)c1ccccc1-2)NC(COCc1ccccc1)C(O)C(=O)NCC(=O)OF. The van der Waals surface area contributed by atoms with E-state index in [9.17, 15) is 33.6 Å². The molecule has 0 saturated carbocycles. The minimum atomic E-state index is -1.90. The van der Waals surface area contributed by atoms with Gasteiger partial charge in [-0.2, -0.15) is 0 Å². The standard InChI is InChI=1S/C29H26FN3O8.C4H10/c30-41-24(35)14-32-29(39)27(37)22(16-40-15-17-7-2-1-3-8-17)33-23(34)13-31-28(38)21-12-6-11-19-18-9-4-5-10-20(18)26(36)25(19)21;1-4(2)3/h1-12,22,27,37H,13-16H2,(H,31,38)(H,32,39)(H,33,34);4H,1-3H3. The van der Waals surface area contributed by atoms with Gasteiger partial charge in [-0.15, -0.1) is 0 Å². The number of halogens is 1. The smallest absolute Gasteiger partial charge is 0.367 e. The number of ether oxygens (including phenoxy) is 1. The van der Waals surface area contributed by atoms with Crippen LogP contribution in [0.3, 0.4) is 0 Å². The monoisotopic (exact) mass is 621 g/mol. The maximum absolute atomic E-state index is 13.0. The molecule has 3 aromatic carbocycles. The lowest BCUT2D eigenvalue weighted by molar-refractivity contribution is -0.182. The number of carbonyl (C=O) groups excluding carboxylic acids is 5. The van der Waals surface area contributed by atoms with Crippen molar-refractivity contribution >= 4 is 29.5 Å². The number of hydrogen-bond donors (Lipinski definition) is 4. The van der Waals surface area contributed by atoms with Crippen LogP contribution in [-0.4, -0.2) is 66.4 Å². The van der Waals surface area contributed by atoms with Crippen molar-refractivity contribution in [2.75, 3.05) is 19.7 Å². The van der Waals surface area contributed by atoms with E-state index >= 15 is 0 Å². The summed E-state index contributed by atoms with van der Waals surface area (Å²) in [5.41, 5.74) is 2.93. The van der Waals surface area contributed by atoms with Gasteiger partial charge in [0.2, 0.25) is 5.91 Å². The summed E-state index contributed by atoms with van der Waals surface area (Å²) in [7, 11) is 0. The molecule has 3 aromatic rings. The summed E-state index contributed by atoms with van der Waals surface area (Å²) in [5, 5.41) is 17.4. The van der Waals surface area contributed by atoms with E-state index in [4.69, 9.17) is 4.74 Å². The highest BCUT2D eigenvalue weighted by atomic mass is 19.3. The Hall–Kier alpha value is -4.94. The summed E-state index contributed by atoms with van der Waals surface area (Å²) in [6.07, 6.45) is -1.90. The van der Waals surface area contributed by atoms with Crippen molar-refractivity contribution in [1.82, 2.24) is 16.0 Å². The molecular weight excluding hydrogens is 585 g/mol. The molecule has 0 saturated heterocycles. The number of nitrogens with one attached hydrogen (secondary N) is 3. The van der Waals surface area contributed by atoms with Crippen LogP contribution < -0.4 is 16.0 Å². The first kappa shape index (κ1) is 34.5. The molecule has 0 fully saturated rings. The molecular formula is C33H36FN3O8. The summed E-state index contributed by atoms with van der Waals surface area (Å²) in [4.78, 5) is 64.9. The number of rotatable bonds is 12. The van der Waals surface area contributed by atoms with E-state index in [1.165, 1.54) is 6.07 Å². The molecule has 3 amide bonds. The van der Waals surface area contributed by atoms with Crippen LogP contribution in [0.1, 0.15) is 52.6 Å². The van der Waals surface area contributed by atoms with Crippen molar-refractivity contribution in [1.29, 1.82) is 0 Å². The molecule has 1 aliphatic rings. The van der Waals surface area contributed by atoms with Crippen molar-refractivity contribution in [3.05, 3.63) is 95.1 Å². The average molecular weight is 622 g/mol. The molecule has 2 atom stereocenters. The highest BCUT2D eigenvalue weighted by Gasteiger charge is 2.31. The van der Waals surface area contributed by atoms with Crippen LogP contribution in [0.25, 0.3) is 11.1 Å². The van der Waals surface area contributed by atoms with E-state index in [-0.39, 0.29) is 30.1 Å². The zero-order chi connectivity index (χ0) is 32.9. The Morgan fingerprint density at radius 2 is 1.44 bits per heavy atom. The molecule has 4 rings (SSSR count). The van der Waals surface area contributed by atoms with Crippen molar-refractivity contribution < 1.29 is 43.3 Å². The number of hydrogen-bond acceptors (Lipinski definition) is 8. The predicted molar refractivity (Wildman–Crippen MR) is 162 cm³/mol. The molecule has 0 aliphatic heterocycles. The molecule has 4 N–H and O–H groups in total. The summed E-state index contributed by atoms with van der Waals surface area (Å²) in [5.74, 6) is -3.39. The number of amides is 3. The highest BCUT2D eigenvalue weighted by molar-refractivity contribution is 6.25. The summed E-state index contributed by atoms with van der Waals surface area (Å²) in [6, 6.07) is 19.5. The molecule has 0 spiro atoms. The maximum atomic E-state index is 13.0. The first-order valence-corrected chi connectivity index (χ1v) is 14.3. The van der Waals surface area contributed by atoms with Crippen molar-refractivity contribution in [3.8, 4) is 11.1 Å². The third-order valence-electron chi connectivity index (χ3n) is 6.31. The summed E-state index contributed by atoms with van der Waals surface area (Å²) < 4.78 is 17.5. The molecule has 2 unspecified atom stereocenters. The second-order valence-corrected chi connectivity index (χ2v) is 10.8. The Kier molecular flexibility index (Phi) is 12.9. The number of ketones is 1. The maximum Gasteiger partial charge on any atom is 0.367 e. The van der Waals surface area contributed by atoms with Gasteiger partial charge in [-0.3, -0.25) is 24.1 Å². The van der Waals surface area contributed by atoms with E-state index in [1.807, 2.05) is 11.4 Å².